The summed E-state index contributed by atoms with van der Waals surface area (Å²) in [7, 11) is 1.55. The number of amides is 1. The van der Waals surface area contributed by atoms with Gasteiger partial charge in [0.15, 0.2) is 0 Å². The molecule has 1 fully saturated rings. The highest BCUT2D eigenvalue weighted by Gasteiger charge is 2.23. The number of likely N-dealkylation sites (tertiary alicyclic amines) is 1. The summed E-state index contributed by atoms with van der Waals surface area (Å²) < 4.78 is 5.24. The molecule has 5 heteroatoms. The number of nitrogens with two attached hydrogens (primary N) is 1. The normalized spacial score (nSPS) is 16.7. The van der Waals surface area contributed by atoms with Crippen molar-refractivity contribution in [3.63, 3.8) is 0 Å². The van der Waals surface area contributed by atoms with Crippen LogP contribution in [0.15, 0.2) is 18.2 Å². The highest BCUT2D eigenvalue weighted by Crippen LogP contribution is 2.24. The molecule has 0 spiro atoms. The fraction of sp³-hybridized carbons (Fsp3) is 0.562. The number of hydrogen-bond acceptors (Lipinski definition) is 4. The lowest BCUT2D eigenvalue weighted by Gasteiger charge is -2.32. The van der Waals surface area contributed by atoms with Gasteiger partial charge in [-0.3, -0.25) is 4.79 Å². The first-order valence-corrected chi connectivity index (χ1v) is 7.61. The number of carbonyl (C=O) groups excluding carboxylic acids is 1. The molecular weight excluding hydrogens is 266 g/mol. The van der Waals surface area contributed by atoms with E-state index < -0.39 is 0 Å². The second-order valence-corrected chi connectivity index (χ2v) is 5.51. The number of hydrogen-bond donors (Lipinski definition) is 2. The van der Waals surface area contributed by atoms with Gasteiger partial charge in [-0.25, -0.2) is 0 Å². The molecule has 0 atom stereocenters. The van der Waals surface area contributed by atoms with Crippen molar-refractivity contribution in [2.24, 2.45) is 0 Å². The predicted octanol–water partition coefficient (Wildman–Crippen LogP) is 1.88. The highest BCUT2D eigenvalue weighted by atomic mass is 16.5. The summed E-state index contributed by atoms with van der Waals surface area (Å²) in [6.07, 6.45) is 3.15. The molecule has 21 heavy (non-hydrogen) atoms. The first-order chi connectivity index (χ1) is 10.2. The predicted molar refractivity (Wildman–Crippen MR) is 84.6 cm³/mol. The lowest BCUT2D eigenvalue weighted by Crippen LogP contribution is -2.44. The van der Waals surface area contributed by atoms with Crippen LogP contribution in [-0.2, 0) is 0 Å². The fourth-order valence-electron chi connectivity index (χ4n) is 2.84. The van der Waals surface area contributed by atoms with Crippen LogP contribution in [0, 0.1) is 0 Å². The van der Waals surface area contributed by atoms with Crippen LogP contribution >= 0.6 is 0 Å². The second-order valence-electron chi connectivity index (χ2n) is 5.51. The Balaban J connectivity index is 1.97. The summed E-state index contributed by atoms with van der Waals surface area (Å²) in [5.41, 5.74) is 6.81. The van der Waals surface area contributed by atoms with Gasteiger partial charge in [0.05, 0.1) is 7.11 Å². The molecule has 0 saturated carbocycles. The minimum absolute atomic E-state index is 0.140. The van der Waals surface area contributed by atoms with Crippen LogP contribution in [0.25, 0.3) is 0 Å². The summed E-state index contributed by atoms with van der Waals surface area (Å²) in [6.45, 7) is 5.42. The Morgan fingerprint density at radius 2 is 2.14 bits per heavy atom. The Bertz CT molecular complexity index is 482. The van der Waals surface area contributed by atoms with Gasteiger partial charge >= 0.3 is 0 Å². The number of ether oxygens (including phenoxy) is 1. The van der Waals surface area contributed by atoms with Crippen LogP contribution in [0.4, 0.5) is 5.69 Å². The third kappa shape index (κ3) is 3.88. The summed E-state index contributed by atoms with van der Waals surface area (Å²) >= 11 is 0. The fourth-order valence-corrected chi connectivity index (χ4v) is 2.84. The number of nitrogens with zero attached hydrogens (tertiary/aromatic N) is 1. The van der Waals surface area contributed by atoms with Gasteiger partial charge in [-0.2, -0.15) is 0 Å². The van der Waals surface area contributed by atoms with Gasteiger partial charge in [0.1, 0.15) is 11.3 Å². The zero-order chi connectivity index (χ0) is 15.2. The molecule has 2 rings (SSSR count). The molecule has 1 saturated heterocycles. The van der Waals surface area contributed by atoms with E-state index in [1.807, 2.05) is 0 Å². The molecule has 0 unspecified atom stereocenters. The van der Waals surface area contributed by atoms with Crippen molar-refractivity contribution in [1.29, 1.82) is 0 Å². The zero-order valence-electron chi connectivity index (χ0n) is 12.9. The molecule has 1 aromatic carbocycles. The summed E-state index contributed by atoms with van der Waals surface area (Å²) in [4.78, 5) is 14.9. The Hall–Kier alpha value is -1.75. The standard InChI is InChI=1S/C16H25N3O2/c1-3-9-19-10-7-12(8-11-19)18-16(20)15-13(17)5-4-6-14(15)21-2/h4-6,12H,3,7-11,17H2,1-2H3,(H,18,20). The molecule has 1 aliphatic rings. The average Bonchev–Trinajstić information content (AvgIpc) is 2.49. The molecule has 1 amide bonds. The SMILES string of the molecule is CCCN1CCC(NC(=O)c2c(N)cccc2OC)CC1. The molecule has 3 N–H and O–H groups in total. The smallest absolute Gasteiger partial charge is 0.257 e. The first-order valence-electron chi connectivity index (χ1n) is 7.61. The molecule has 116 valence electrons. The van der Waals surface area contributed by atoms with E-state index in [1.165, 1.54) is 6.42 Å². The lowest BCUT2D eigenvalue weighted by atomic mass is 10.0. The molecule has 0 bridgehead atoms. The maximum Gasteiger partial charge on any atom is 0.257 e. The van der Waals surface area contributed by atoms with Gasteiger partial charge in [0.2, 0.25) is 0 Å². The summed E-state index contributed by atoms with van der Waals surface area (Å²) in [6, 6.07) is 5.49. The van der Waals surface area contributed by atoms with Crippen molar-refractivity contribution in [2.75, 3.05) is 32.5 Å². The van der Waals surface area contributed by atoms with Crippen LogP contribution in [0.1, 0.15) is 36.5 Å². The molecular formula is C16H25N3O2. The quantitative estimate of drug-likeness (QED) is 0.813. The maximum absolute atomic E-state index is 12.4. The van der Waals surface area contributed by atoms with E-state index in [4.69, 9.17) is 10.5 Å². The topological polar surface area (TPSA) is 67.6 Å². The number of methoxy groups -OCH3 is 1. The molecule has 5 nitrogen and oxygen atoms in total. The van der Waals surface area contributed by atoms with Gasteiger partial charge < -0.3 is 20.7 Å². The summed E-state index contributed by atoms with van der Waals surface area (Å²) in [5, 5.41) is 3.09. The van der Waals surface area contributed by atoms with Crippen molar-refractivity contribution in [2.45, 2.75) is 32.2 Å². The van der Waals surface area contributed by atoms with Crippen molar-refractivity contribution in [1.82, 2.24) is 10.2 Å². The van der Waals surface area contributed by atoms with Crippen LogP contribution in [0.3, 0.4) is 0 Å². The van der Waals surface area contributed by atoms with E-state index in [2.05, 4.69) is 17.1 Å². The van der Waals surface area contributed by atoms with Crippen molar-refractivity contribution in [3.8, 4) is 5.75 Å². The van der Waals surface area contributed by atoms with Gasteiger partial charge in [0.25, 0.3) is 5.91 Å². The van der Waals surface area contributed by atoms with Gasteiger partial charge in [-0.05, 0) is 37.9 Å². The van der Waals surface area contributed by atoms with Crippen LogP contribution in [0.2, 0.25) is 0 Å². The van der Waals surface area contributed by atoms with Crippen LogP contribution in [-0.4, -0.2) is 43.6 Å². The van der Waals surface area contributed by atoms with Crippen molar-refractivity contribution >= 4 is 11.6 Å². The van der Waals surface area contributed by atoms with Crippen LogP contribution in [0.5, 0.6) is 5.75 Å². The maximum atomic E-state index is 12.4. The number of anilines is 1. The largest absolute Gasteiger partial charge is 0.496 e. The number of nitrogens with one attached hydrogen (secondary N) is 1. The second kappa shape index (κ2) is 7.31. The van der Waals surface area contributed by atoms with Gasteiger partial charge in [0, 0.05) is 24.8 Å². The lowest BCUT2D eigenvalue weighted by molar-refractivity contribution is 0.0909. The van der Waals surface area contributed by atoms with Gasteiger partial charge in [-0.15, -0.1) is 0 Å². The number of benzene rings is 1. The number of piperidine rings is 1. The molecule has 1 aliphatic heterocycles. The molecule has 0 aliphatic carbocycles. The minimum atomic E-state index is -0.140. The monoisotopic (exact) mass is 291 g/mol. The minimum Gasteiger partial charge on any atom is -0.496 e. The third-order valence-electron chi connectivity index (χ3n) is 3.97. The third-order valence-corrected chi connectivity index (χ3v) is 3.97. The van der Waals surface area contributed by atoms with Crippen molar-refractivity contribution in [3.05, 3.63) is 23.8 Å². The Labute approximate surface area is 126 Å². The molecule has 1 heterocycles. The van der Waals surface area contributed by atoms with E-state index >= 15 is 0 Å². The highest BCUT2D eigenvalue weighted by molar-refractivity contribution is 6.02. The first kappa shape index (κ1) is 15.6. The van der Waals surface area contributed by atoms with Crippen LogP contribution < -0.4 is 15.8 Å². The van der Waals surface area contributed by atoms with E-state index in [0.717, 1.165) is 32.5 Å². The number of nitrogen functional groups attached to an aromatic ring is 1. The Kier molecular flexibility index (Phi) is 5.44. The van der Waals surface area contributed by atoms with E-state index in [1.54, 1.807) is 25.3 Å². The van der Waals surface area contributed by atoms with E-state index in [-0.39, 0.29) is 11.9 Å². The zero-order valence-corrected chi connectivity index (χ0v) is 12.9. The summed E-state index contributed by atoms with van der Waals surface area (Å²) in [5.74, 6) is 0.384. The Morgan fingerprint density at radius 1 is 1.43 bits per heavy atom. The van der Waals surface area contributed by atoms with Crippen molar-refractivity contribution < 1.29 is 9.53 Å². The molecule has 1 aromatic rings. The molecule has 0 aromatic heterocycles. The average molecular weight is 291 g/mol. The Morgan fingerprint density at radius 3 is 2.76 bits per heavy atom. The number of rotatable bonds is 5. The van der Waals surface area contributed by atoms with E-state index in [9.17, 15) is 4.79 Å². The number of carbonyl (C=O) groups is 1. The molecule has 0 radical (unpaired) electrons. The van der Waals surface area contributed by atoms with E-state index in [0.29, 0.717) is 17.0 Å². The van der Waals surface area contributed by atoms with Gasteiger partial charge in [-0.1, -0.05) is 13.0 Å².